The summed E-state index contributed by atoms with van der Waals surface area (Å²) in [6.07, 6.45) is 7.56. The first kappa shape index (κ1) is 21.1. The molecule has 0 saturated heterocycles. The minimum Gasteiger partial charge on any atom is -0.286 e. The molecule has 2 nitrogen and oxygen atoms in total. The molecule has 2 heteroatoms. The van der Waals surface area contributed by atoms with Gasteiger partial charge in [0.25, 0.3) is 0 Å². The predicted octanol–water partition coefficient (Wildman–Crippen LogP) is 5.01. The number of aromatic nitrogens is 1. The largest absolute Gasteiger partial charge is 0.286 e. The summed E-state index contributed by atoms with van der Waals surface area (Å²) in [6.45, 7) is 5.39. The van der Waals surface area contributed by atoms with E-state index in [-0.39, 0.29) is 6.04 Å². The van der Waals surface area contributed by atoms with Crippen LogP contribution in [0.3, 0.4) is 0 Å². The summed E-state index contributed by atoms with van der Waals surface area (Å²) in [5.41, 5.74) is 5.09. The van der Waals surface area contributed by atoms with Gasteiger partial charge in [-0.25, -0.2) is 0 Å². The van der Waals surface area contributed by atoms with Crippen LogP contribution in [0.4, 0.5) is 0 Å². The van der Waals surface area contributed by atoms with E-state index in [0.29, 0.717) is 0 Å². The second-order valence-electron chi connectivity index (χ2n) is 8.66. The van der Waals surface area contributed by atoms with Gasteiger partial charge in [-0.1, -0.05) is 91.0 Å². The van der Waals surface area contributed by atoms with E-state index in [9.17, 15) is 0 Å². The zero-order valence-electron chi connectivity index (χ0n) is 19.1. The van der Waals surface area contributed by atoms with Crippen molar-refractivity contribution >= 4 is 6.08 Å². The third kappa shape index (κ3) is 4.30. The van der Waals surface area contributed by atoms with Crippen LogP contribution in [0.15, 0.2) is 109 Å². The molecule has 0 spiro atoms. The van der Waals surface area contributed by atoms with Crippen molar-refractivity contribution in [3.05, 3.63) is 154 Å². The van der Waals surface area contributed by atoms with Crippen LogP contribution in [-0.4, -0.2) is 11.9 Å². The summed E-state index contributed by atoms with van der Waals surface area (Å²) in [5.74, 6) is 0. The van der Waals surface area contributed by atoms with Gasteiger partial charge in [0, 0.05) is 18.7 Å². The van der Waals surface area contributed by atoms with Crippen LogP contribution in [0.2, 0.25) is 0 Å². The lowest BCUT2D eigenvalue weighted by atomic mass is 10.00. The number of hydrogen-bond acceptors (Lipinski definition) is 1. The number of hydrogen-bond donors (Lipinski definition) is 0. The molecule has 0 fully saturated rings. The Labute approximate surface area is 195 Å². The van der Waals surface area contributed by atoms with Gasteiger partial charge < -0.3 is 0 Å². The van der Waals surface area contributed by atoms with Gasteiger partial charge in [0.2, 0.25) is 11.0 Å². The van der Waals surface area contributed by atoms with E-state index in [1.54, 1.807) is 0 Å². The maximum absolute atomic E-state index is 4.54. The van der Waals surface area contributed by atoms with Crippen molar-refractivity contribution in [3.63, 3.8) is 0 Å². The Kier molecular flexibility index (Phi) is 6.01. The highest BCUT2D eigenvalue weighted by Crippen LogP contribution is 2.26. The highest BCUT2D eigenvalue weighted by atomic mass is 15.1. The molecule has 1 unspecified atom stereocenters. The average Bonchev–Trinajstić information content (AvgIpc) is 2.86. The lowest BCUT2D eigenvalue weighted by molar-refractivity contribution is -0.523. The molecule has 162 valence electrons. The molecule has 0 N–H and O–H groups in total. The van der Waals surface area contributed by atoms with E-state index in [1.807, 2.05) is 0 Å². The molecule has 0 amide bonds. The van der Waals surface area contributed by atoms with Gasteiger partial charge in [0.15, 0.2) is 0 Å². The lowest BCUT2D eigenvalue weighted by Gasteiger charge is -2.26. The summed E-state index contributed by atoms with van der Waals surface area (Å²) in [5, 5.41) is 3.65. The van der Waals surface area contributed by atoms with E-state index in [2.05, 4.69) is 138 Å². The van der Waals surface area contributed by atoms with Crippen molar-refractivity contribution in [2.75, 3.05) is 7.05 Å². The van der Waals surface area contributed by atoms with Gasteiger partial charge in [-0.05, 0) is 47.5 Å². The van der Waals surface area contributed by atoms with Crippen LogP contribution < -0.4 is 9.46 Å². The SMILES string of the molecule is C=[n+]1c(C(c2ccccc2)N(C)Cc2ccccc2)ccc/c1=c1/cccc2c1=CC=CC2. The van der Waals surface area contributed by atoms with Crippen LogP contribution in [-0.2, 0) is 13.0 Å². The number of allylic oxidation sites excluding steroid dienone is 2. The van der Waals surface area contributed by atoms with Gasteiger partial charge in [0.05, 0.1) is 5.22 Å². The third-order valence-corrected chi connectivity index (χ3v) is 6.44. The Bertz CT molecular complexity index is 1490. The van der Waals surface area contributed by atoms with Gasteiger partial charge in [-0.15, -0.1) is 0 Å². The molecule has 0 aliphatic heterocycles. The summed E-state index contributed by atoms with van der Waals surface area (Å²) in [6, 6.07) is 34.6. The van der Waals surface area contributed by atoms with E-state index < -0.39 is 0 Å². The van der Waals surface area contributed by atoms with Crippen molar-refractivity contribution in [3.8, 4) is 0 Å². The maximum Gasteiger partial charge on any atom is 0.218 e. The van der Waals surface area contributed by atoms with Crippen molar-refractivity contribution in [2.45, 2.75) is 19.0 Å². The minimum absolute atomic E-state index is 0.0762. The van der Waals surface area contributed by atoms with Crippen molar-refractivity contribution in [1.82, 2.24) is 4.90 Å². The Morgan fingerprint density at radius 3 is 2.36 bits per heavy atom. The zero-order valence-corrected chi connectivity index (χ0v) is 19.1. The highest BCUT2D eigenvalue weighted by molar-refractivity contribution is 5.45. The first-order chi connectivity index (χ1) is 16.2. The van der Waals surface area contributed by atoms with Gasteiger partial charge in [-0.2, -0.15) is 4.24 Å². The van der Waals surface area contributed by atoms with Gasteiger partial charge in [0.1, 0.15) is 12.8 Å². The highest BCUT2D eigenvalue weighted by Gasteiger charge is 2.26. The van der Waals surface area contributed by atoms with Crippen LogP contribution in [0.5, 0.6) is 0 Å². The Hall–Kier alpha value is -3.75. The molecule has 1 aliphatic rings. The fourth-order valence-corrected chi connectivity index (χ4v) is 4.85. The van der Waals surface area contributed by atoms with Crippen molar-refractivity contribution in [2.24, 2.45) is 0 Å². The van der Waals surface area contributed by atoms with Crippen LogP contribution in [0.1, 0.15) is 28.4 Å². The van der Waals surface area contributed by atoms with Crippen molar-refractivity contribution < 1.29 is 4.24 Å². The summed E-state index contributed by atoms with van der Waals surface area (Å²) in [4.78, 5) is 2.40. The summed E-state index contributed by atoms with van der Waals surface area (Å²) in [7, 11) is 2.19. The van der Waals surface area contributed by atoms with Crippen LogP contribution in [0.25, 0.3) is 6.08 Å². The summed E-state index contributed by atoms with van der Waals surface area (Å²) < 4.78 is 2.13. The first-order valence-electron chi connectivity index (χ1n) is 11.5. The molecule has 1 atom stereocenters. The molecule has 1 aliphatic carbocycles. The lowest BCUT2D eigenvalue weighted by Crippen LogP contribution is -2.34. The first-order valence-corrected chi connectivity index (χ1v) is 11.5. The normalized spacial score (nSPS) is 14.5. The van der Waals surface area contributed by atoms with Crippen LogP contribution >= 0.6 is 0 Å². The van der Waals surface area contributed by atoms with E-state index in [0.717, 1.165) is 18.3 Å². The van der Waals surface area contributed by atoms with Gasteiger partial charge in [-0.3, -0.25) is 4.90 Å². The second-order valence-corrected chi connectivity index (χ2v) is 8.66. The Morgan fingerprint density at radius 1 is 0.848 bits per heavy atom. The average molecular weight is 430 g/mol. The number of nitrogens with zero attached hydrogens (tertiary/aromatic N) is 2. The number of benzene rings is 3. The molecular formula is C31H29N2+. The van der Waals surface area contributed by atoms with Crippen LogP contribution in [0, 0.1) is 17.3 Å². The molecule has 0 saturated carbocycles. The number of fused-ring (bicyclic) bond motifs is 1. The zero-order chi connectivity index (χ0) is 22.6. The molecular weight excluding hydrogens is 400 g/mol. The number of pyridine rings is 1. The Balaban J connectivity index is 1.72. The minimum atomic E-state index is 0.0762. The van der Waals surface area contributed by atoms with Crippen molar-refractivity contribution in [1.29, 1.82) is 0 Å². The molecule has 3 aromatic carbocycles. The molecule has 4 aromatic rings. The third-order valence-electron chi connectivity index (χ3n) is 6.44. The molecule has 1 aromatic heterocycles. The van der Waals surface area contributed by atoms with Gasteiger partial charge >= 0.3 is 0 Å². The second kappa shape index (κ2) is 9.40. The fourth-order valence-electron chi connectivity index (χ4n) is 4.85. The maximum atomic E-state index is 4.54. The monoisotopic (exact) mass is 429 g/mol. The Morgan fingerprint density at radius 2 is 1.58 bits per heavy atom. The summed E-state index contributed by atoms with van der Waals surface area (Å²) >= 11 is 0. The topological polar surface area (TPSA) is 9.14 Å². The van der Waals surface area contributed by atoms with E-state index >= 15 is 0 Å². The smallest absolute Gasteiger partial charge is 0.218 e. The molecule has 5 rings (SSSR count). The number of rotatable bonds is 5. The molecule has 1 heterocycles. The van der Waals surface area contributed by atoms with E-state index in [1.165, 1.54) is 32.8 Å². The van der Waals surface area contributed by atoms with E-state index in [4.69, 9.17) is 0 Å². The quantitative estimate of drug-likeness (QED) is 0.405. The molecule has 33 heavy (non-hydrogen) atoms. The molecule has 0 bridgehead atoms. The predicted molar refractivity (Wildman–Crippen MR) is 135 cm³/mol. The molecule has 0 radical (unpaired) electrons. The fraction of sp³-hybridized carbons (Fsp3) is 0.129. The standard InChI is InChI=1S/C31H29N2/c1-32(23-24-13-5-3-6-14-24)31(26-16-7-4-8-17-26)30-22-12-21-29(33(30)2)28-20-11-18-25-15-9-10-19-27(25)28/h3-14,16-22,31H,2,15,23H2,1H3/q+1/b29-28+.